The Morgan fingerprint density at radius 3 is 2.43 bits per heavy atom. The van der Waals surface area contributed by atoms with Gasteiger partial charge in [0.1, 0.15) is 11.3 Å². The van der Waals surface area contributed by atoms with Crippen LogP contribution in [0.5, 0.6) is 11.8 Å². The summed E-state index contributed by atoms with van der Waals surface area (Å²) in [6.45, 7) is 6.61. The minimum atomic E-state index is -0.285. The second-order valence-electron chi connectivity index (χ2n) is 11.6. The fourth-order valence-corrected chi connectivity index (χ4v) is 5.60. The standard InChI is InChI=1S/C33H43N7O4/c1-2-3-20-44-32-37-30(34)29-31(38-32)40(33(43)36-29)22-26-6-4-25(5-7-26)21-39-18-15-24(16-19-39)14-17-35-28(42)13-10-23-8-11-27(41)12-9-23/h4-9,11-12,24,41H,2-3,10,13-22H2,1H3,(H,35,42)(H,36,43)(H2,34,37,38). The van der Waals surface area contributed by atoms with Crippen molar-refractivity contribution in [3.63, 3.8) is 0 Å². The maximum absolute atomic E-state index is 12.7. The monoisotopic (exact) mass is 601 g/mol. The Bertz CT molecular complexity index is 1570. The van der Waals surface area contributed by atoms with Gasteiger partial charge in [-0.2, -0.15) is 9.97 Å². The molecule has 0 bridgehead atoms. The first kappa shape index (κ1) is 31.1. The van der Waals surface area contributed by atoms with E-state index < -0.39 is 0 Å². The number of carbonyl (C=O) groups excluding carboxylic acids is 1. The van der Waals surface area contributed by atoms with Crippen LogP contribution in [-0.4, -0.2) is 61.7 Å². The molecule has 3 heterocycles. The second kappa shape index (κ2) is 14.9. The molecule has 5 N–H and O–H groups in total. The molecule has 0 radical (unpaired) electrons. The van der Waals surface area contributed by atoms with Crippen molar-refractivity contribution >= 4 is 22.9 Å². The maximum Gasteiger partial charge on any atom is 0.328 e. The highest BCUT2D eigenvalue weighted by atomic mass is 16.5. The van der Waals surface area contributed by atoms with Gasteiger partial charge in [0.05, 0.1) is 13.2 Å². The van der Waals surface area contributed by atoms with Gasteiger partial charge in [-0.3, -0.25) is 14.3 Å². The van der Waals surface area contributed by atoms with Gasteiger partial charge < -0.3 is 25.9 Å². The van der Waals surface area contributed by atoms with Crippen LogP contribution in [-0.2, 0) is 24.3 Å². The number of benzene rings is 2. The van der Waals surface area contributed by atoms with Crippen LogP contribution in [0, 0.1) is 5.92 Å². The van der Waals surface area contributed by atoms with Crippen LogP contribution >= 0.6 is 0 Å². The van der Waals surface area contributed by atoms with E-state index in [0.29, 0.717) is 49.6 Å². The number of carbonyl (C=O) groups is 1. The summed E-state index contributed by atoms with van der Waals surface area (Å²) in [7, 11) is 0. The average molecular weight is 602 g/mol. The summed E-state index contributed by atoms with van der Waals surface area (Å²) in [6, 6.07) is 15.5. The summed E-state index contributed by atoms with van der Waals surface area (Å²) in [5, 5.41) is 12.4. The lowest BCUT2D eigenvalue weighted by Gasteiger charge is -2.32. The van der Waals surface area contributed by atoms with E-state index in [4.69, 9.17) is 10.5 Å². The minimum absolute atomic E-state index is 0.0760. The Morgan fingerprint density at radius 1 is 1.05 bits per heavy atom. The molecule has 234 valence electrons. The van der Waals surface area contributed by atoms with E-state index in [0.717, 1.165) is 62.9 Å². The van der Waals surface area contributed by atoms with Crippen LogP contribution in [0.4, 0.5) is 5.82 Å². The van der Waals surface area contributed by atoms with Crippen LogP contribution in [0.1, 0.15) is 62.1 Å². The molecule has 1 aliphatic rings. The number of nitrogens with two attached hydrogens (primary N) is 1. The number of amides is 1. The van der Waals surface area contributed by atoms with Gasteiger partial charge in [-0.25, -0.2) is 4.79 Å². The lowest BCUT2D eigenvalue weighted by Crippen LogP contribution is -2.34. The second-order valence-corrected chi connectivity index (χ2v) is 11.6. The van der Waals surface area contributed by atoms with Crippen LogP contribution < -0.4 is 21.5 Å². The average Bonchev–Trinajstić information content (AvgIpc) is 3.34. The Kier molecular flexibility index (Phi) is 10.5. The van der Waals surface area contributed by atoms with E-state index in [-0.39, 0.29) is 29.2 Å². The first-order valence-corrected chi connectivity index (χ1v) is 15.6. The number of phenols is 1. The third-order valence-electron chi connectivity index (χ3n) is 8.29. The fourth-order valence-electron chi connectivity index (χ4n) is 5.60. The van der Waals surface area contributed by atoms with E-state index in [1.807, 2.05) is 12.1 Å². The van der Waals surface area contributed by atoms with Crippen molar-refractivity contribution in [3.8, 4) is 11.8 Å². The number of likely N-dealkylation sites (tertiary alicyclic amines) is 1. The Hall–Kier alpha value is -4.38. The SMILES string of the molecule is CCCCOc1nc(N)c2[nH]c(=O)n(Cc3ccc(CN4CCC(CCNC(=O)CCc5ccc(O)cc5)CC4)cc3)c2n1. The van der Waals surface area contributed by atoms with Gasteiger partial charge in [-0.1, -0.05) is 49.7 Å². The minimum Gasteiger partial charge on any atom is -0.508 e. The number of hydrogen-bond donors (Lipinski definition) is 4. The highest BCUT2D eigenvalue weighted by molar-refractivity contribution is 5.82. The molecule has 0 atom stereocenters. The number of aromatic hydroxyl groups is 1. The number of hydrogen-bond acceptors (Lipinski definition) is 8. The molecule has 0 aliphatic carbocycles. The van der Waals surface area contributed by atoms with Gasteiger partial charge in [-0.05, 0) is 79.9 Å². The Morgan fingerprint density at radius 2 is 1.73 bits per heavy atom. The lowest BCUT2D eigenvalue weighted by molar-refractivity contribution is -0.121. The molecule has 1 aliphatic heterocycles. The molecule has 2 aromatic heterocycles. The molecule has 2 aromatic carbocycles. The summed E-state index contributed by atoms with van der Waals surface area (Å²) in [6.07, 6.45) is 6.26. The number of imidazole rings is 1. The maximum atomic E-state index is 12.7. The number of fused-ring (bicyclic) bond motifs is 1. The highest BCUT2D eigenvalue weighted by Crippen LogP contribution is 2.23. The predicted octanol–water partition coefficient (Wildman–Crippen LogP) is 3.99. The summed E-state index contributed by atoms with van der Waals surface area (Å²) in [5.74, 6) is 1.13. The quantitative estimate of drug-likeness (QED) is 0.158. The van der Waals surface area contributed by atoms with Gasteiger partial charge in [0.15, 0.2) is 11.5 Å². The molecule has 0 unspecified atom stereocenters. The third-order valence-corrected chi connectivity index (χ3v) is 8.29. The normalized spacial score (nSPS) is 14.2. The van der Waals surface area contributed by atoms with Gasteiger partial charge in [0.25, 0.3) is 0 Å². The van der Waals surface area contributed by atoms with Crippen molar-refractivity contribution in [2.24, 2.45) is 5.92 Å². The molecule has 44 heavy (non-hydrogen) atoms. The molecule has 11 nitrogen and oxygen atoms in total. The number of nitrogens with zero attached hydrogens (tertiary/aromatic N) is 4. The summed E-state index contributed by atoms with van der Waals surface area (Å²) < 4.78 is 7.21. The fraction of sp³-hybridized carbons (Fsp3) is 0.455. The Balaban J connectivity index is 1.05. The van der Waals surface area contributed by atoms with Crippen LogP contribution in [0.3, 0.4) is 0 Å². The number of nitrogen functional groups attached to an aromatic ring is 1. The third kappa shape index (κ3) is 8.37. The van der Waals surface area contributed by atoms with Crippen LogP contribution in [0.25, 0.3) is 11.2 Å². The van der Waals surface area contributed by atoms with Crippen molar-refractivity contribution in [2.45, 2.75) is 65.0 Å². The zero-order chi connectivity index (χ0) is 30.9. The summed E-state index contributed by atoms with van der Waals surface area (Å²) in [5.41, 5.74) is 9.93. The van der Waals surface area contributed by atoms with Gasteiger partial charge in [-0.15, -0.1) is 0 Å². The number of aromatic nitrogens is 4. The molecule has 5 rings (SSSR count). The van der Waals surface area contributed by atoms with Gasteiger partial charge in [0, 0.05) is 19.5 Å². The topological polar surface area (TPSA) is 151 Å². The molecule has 1 amide bonds. The number of piperidine rings is 1. The first-order valence-electron chi connectivity index (χ1n) is 15.6. The van der Waals surface area contributed by atoms with Crippen LogP contribution in [0.2, 0.25) is 0 Å². The number of aromatic amines is 1. The molecule has 11 heteroatoms. The zero-order valence-electron chi connectivity index (χ0n) is 25.4. The molecular weight excluding hydrogens is 558 g/mol. The number of nitrogens with one attached hydrogen (secondary N) is 2. The smallest absolute Gasteiger partial charge is 0.328 e. The van der Waals surface area contributed by atoms with E-state index in [9.17, 15) is 14.7 Å². The molecule has 0 saturated carbocycles. The molecular formula is C33H43N7O4. The largest absolute Gasteiger partial charge is 0.508 e. The number of anilines is 1. The van der Waals surface area contributed by atoms with Crippen molar-refractivity contribution in [3.05, 3.63) is 75.7 Å². The number of aryl methyl sites for hydroxylation is 1. The van der Waals surface area contributed by atoms with Crippen LogP contribution in [0.15, 0.2) is 53.3 Å². The number of H-pyrrole nitrogens is 1. The van der Waals surface area contributed by atoms with Gasteiger partial charge in [0.2, 0.25) is 5.91 Å². The van der Waals surface area contributed by atoms with E-state index in [1.54, 1.807) is 16.7 Å². The molecule has 4 aromatic rings. The predicted molar refractivity (Wildman–Crippen MR) is 171 cm³/mol. The summed E-state index contributed by atoms with van der Waals surface area (Å²) >= 11 is 0. The highest BCUT2D eigenvalue weighted by Gasteiger charge is 2.20. The van der Waals surface area contributed by atoms with Crippen molar-refractivity contribution < 1.29 is 14.6 Å². The van der Waals surface area contributed by atoms with Gasteiger partial charge >= 0.3 is 11.7 Å². The number of rotatable bonds is 14. The van der Waals surface area contributed by atoms with Crippen molar-refractivity contribution in [2.75, 3.05) is 32.0 Å². The van der Waals surface area contributed by atoms with E-state index in [1.165, 1.54) is 5.56 Å². The Labute approximate surface area is 257 Å². The number of unbranched alkanes of at least 4 members (excludes halogenated alkanes) is 1. The first-order chi connectivity index (χ1) is 21.4. The molecule has 1 fully saturated rings. The van der Waals surface area contributed by atoms with E-state index in [2.05, 4.69) is 56.4 Å². The molecule has 1 saturated heterocycles. The summed E-state index contributed by atoms with van der Waals surface area (Å²) in [4.78, 5) is 38.9. The zero-order valence-corrected chi connectivity index (χ0v) is 25.4. The number of ether oxygens (including phenoxy) is 1. The van der Waals surface area contributed by atoms with Crippen molar-refractivity contribution in [1.82, 2.24) is 29.7 Å². The number of phenolic OH excluding ortho intramolecular Hbond substituents is 1. The van der Waals surface area contributed by atoms with Crippen molar-refractivity contribution in [1.29, 1.82) is 0 Å². The van der Waals surface area contributed by atoms with E-state index >= 15 is 0 Å². The molecule has 0 spiro atoms. The lowest BCUT2D eigenvalue weighted by atomic mass is 9.93.